The fraction of sp³-hybridized carbons (Fsp3) is 0.333. The zero-order valence-corrected chi connectivity index (χ0v) is 14.7. The molecule has 130 valence electrons. The predicted octanol–water partition coefficient (Wildman–Crippen LogP) is 1.76. The first-order valence-corrected chi connectivity index (χ1v) is 8.23. The largest absolute Gasteiger partial charge is 0.461 e. The summed E-state index contributed by atoms with van der Waals surface area (Å²) in [5.41, 5.74) is -1.36. The van der Waals surface area contributed by atoms with Crippen molar-refractivity contribution < 1.29 is 19.1 Å². The Morgan fingerprint density at radius 3 is 2.60 bits per heavy atom. The number of anilines is 1. The van der Waals surface area contributed by atoms with Crippen molar-refractivity contribution in [3.8, 4) is 0 Å². The molecule has 2 aliphatic heterocycles. The number of hydrazone groups is 1. The van der Waals surface area contributed by atoms with Gasteiger partial charge in [-0.15, -0.1) is 15.1 Å². The van der Waals surface area contributed by atoms with Gasteiger partial charge in [0.25, 0.3) is 5.91 Å². The van der Waals surface area contributed by atoms with Crippen LogP contribution in [0.1, 0.15) is 19.8 Å². The van der Waals surface area contributed by atoms with E-state index in [-0.39, 0.29) is 25.2 Å². The summed E-state index contributed by atoms with van der Waals surface area (Å²) in [6.07, 6.45) is -0.519. The van der Waals surface area contributed by atoms with Gasteiger partial charge in [0.1, 0.15) is 0 Å². The average molecular weight is 409 g/mol. The first kappa shape index (κ1) is 17.2. The van der Waals surface area contributed by atoms with Gasteiger partial charge >= 0.3 is 5.97 Å². The van der Waals surface area contributed by atoms with E-state index in [0.717, 1.165) is 9.37 Å². The maximum atomic E-state index is 12.9. The van der Waals surface area contributed by atoms with Crippen LogP contribution in [-0.4, -0.2) is 40.8 Å². The zero-order valence-electron chi connectivity index (χ0n) is 13.1. The van der Waals surface area contributed by atoms with Crippen LogP contribution in [0.5, 0.6) is 0 Å². The van der Waals surface area contributed by atoms with Crippen molar-refractivity contribution in [3.05, 3.63) is 33.6 Å². The second-order valence-corrected chi connectivity index (χ2v) is 6.45. The van der Waals surface area contributed by atoms with Gasteiger partial charge in [0.05, 0.1) is 24.0 Å². The molecule has 0 saturated carbocycles. The van der Waals surface area contributed by atoms with Gasteiger partial charge in [0.2, 0.25) is 5.91 Å². The van der Waals surface area contributed by atoms with Gasteiger partial charge in [-0.05, 0) is 31.2 Å². The summed E-state index contributed by atoms with van der Waals surface area (Å²) in [5.74, 6) is -1.89. The fourth-order valence-electron chi connectivity index (χ4n) is 2.89. The highest BCUT2D eigenvalue weighted by molar-refractivity contribution is 9.10. The Kier molecular flexibility index (Phi) is 4.38. The van der Waals surface area contributed by atoms with E-state index in [4.69, 9.17) is 4.74 Å². The maximum Gasteiger partial charge on any atom is 0.354 e. The van der Waals surface area contributed by atoms with Crippen molar-refractivity contribution in [2.24, 2.45) is 10.4 Å². The molecule has 1 aromatic carbocycles. The Morgan fingerprint density at radius 1 is 1.32 bits per heavy atom. The minimum Gasteiger partial charge on any atom is -0.461 e. The number of carbonyl (C=O) groups is 3. The molecule has 1 saturated heterocycles. The van der Waals surface area contributed by atoms with Crippen molar-refractivity contribution in [2.75, 3.05) is 11.5 Å². The summed E-state index contributed by atoms with van der Waals surface area (Å²) in [7, 11) is 0. The first-order valence-electron chi connectivity index (χ1n) is 7.44. The van der Waals surface area contributed by atoms with Crippen molar-refractivity contribution in [1.82, 2.24) is 5.12 Å². The molecule has 1 aromatic rings. The molecule has 0 bridgehead atoms. The third-order valence-electron chi connectivity index (χ3n) is 4.03. The Bertz CT molecular complexity index is 794. The molecule has 2 amide bonds. The Morgan fingerprint density at radius 2 is 2.00 bits per heavy atom. The highest BCUT2D eigenvalue weighted by Gasteiger charge is 2.61. The van der Waals surface area contributed by atoms with E-state index in [1.807, 2.05) is 0 Å². The molecule has 1 atom stereocenters. The molecular formula is C15H13BrN4O5. The molecule has 2 heterocycles. The monoisotopic (exact) mass is 408 g/mol. The zero-order chi connectivity index (χ0) is 18.2. The van der Waals surface area contributed by atoms with Crippen molar-refractivity contribution in [3.63, 3.8) is 0 Å². The predicted molar refractivity (Wildman–Crippen MR) is 90.3 cm³/mol. The number of nitroso groups, excluding NO2 is 1. The molecule has 10 heteroatoms. The molecule has 0 radical (unpaired) electrons. The lowest BCUT2D eigenvalue weighted by molar-refractivity contribution is -0.135. The van der Waals surface area contributed by atoms with Crippen LogP contribution in [0.2, 0.25) is 0 Å². The summed E-state index contributed by atoms with van der Waals surface area (Å²) < 4.78 is 5.64. The van der Waals surface area contributed by atoms with Gasteiger partial charge in [-0.2, -0.15) is 0 Å². The van der Waals surface area contributed by atoms with E-state index in [2.05, 4.69) is 26.3 Å². The van der Waals surface area contributed by atoms with Crippen LogP contribution >= 0.6 is 15.9 Å². The summed E-state index contributed by atoms with van der Waals surface area (Å²) in [5, 5.41) is 7.11. The van der Waals surface area contributed by atoms with E-state index in [9.17, 15) is 19.3 Å². The Labute approximate surface area is 150 Å². The molecule has 9 nitrogen and oxygen atoms in total. The van der Waals surface area contributed by atoms with E-state index < -0.39 is 23.3 Å². The van der Waals surface area contributed by atoms with E-state index in [0.29, 0.717) is 10.8 Å². The lowest BCUT2D eigenvalue weighted by Gasteiger charge is -2.24. The highest BCUT2D eigenvalue weighted by Crippen LogP contribution is 2.40. The van der Waals surface area contributed by atoms with Gasteiger partial charge < -0.3 is 4.74 Å². The molecule has 0 aliphatic carbocycles. The van der Waals surface area contributed by atoms with Crippen molar-refractivity contribution >= 4 is 45.1 Å². The van der Waals surface area contributed by atoms with Crippen LogP contribution in [0.3, 0.4) is 0 Å². The molecule has 2 aliphatic rings. The van der Waals surface area contributed by atoms with Gasteiger partial charge in [-0.3, -0.25) is 9.59 Å². The molecule has 1 fully saturated rings. The normalized spacial score (nSPS) is 22.6. The minimum atomic E-state index is -1.62. The van der Waals surface area contributed by atoms with E-state index in [1.165, 1.54) is 0 Å². The number of esters is 1. The first-order chi connectivity index (χ1) is 11.9. The standard InChI is InChI=1S/C15H13BrN4O5/c1-2-25-13(22)11-7-15(20(17-11)18-24)8-12(21)19(14(15)23)10-5-3-9(16)4-6-10/h3-6H,2,7-8H2,1H3/t15-/m0/s1. The van der Waals surface area contributed by atoms with E-state index >= 15 is 0 Å². The fourth-order valence-corrected chi connectivity index (χ4v) is 3.15. The number of nitrogens with zero attached hydrogens (tertiary/aromatic N) is 4. The molecular weight excluding hydrogens is 396 g/mol. The second-order valence-electron chi connectivity index (χ2n) is 5.53. The number of ether oxygens (including phenoxy) is 1. The van der Waals surface area contributed by atoms with Gasteiger partial charge in [0.15, 0.2) is 11.3 Å². The van der Waals surface area contributed by atoms with Crippen LogP contribution in [0.15, 0.2) is 39.1 Å². The lowest BCUT2D eigenvalue weighted by atomic mass is 9.92. The van der Waals surface area contributed by atoms with Crippen LogP contribution < -0.4 is 4.90 Å². The third kappa shape index (κ3) is 2.72. The van der Waals surface area contributed by atoms with Gasteiger partial charge in [-0.1, -0.05) is 15.9 Å². The van der Waals surface area contributed by atoms with Crippen molar-refractivity contribution in [1.29, 1.82) is 0 Å². The summed E-state index contributed by atoms with van der Waals surface area (Å²) in [6, 6.07) is 6.57. The second kappa shape index (κ2) is 6.36. The summed E-state index contributed by atoms with van der Waals surface area (Å²) in [4.78, 5) is 49.4. The number of carbonyl (C=O) groups excluding carboxylic acids is 3. The molecule has 0 N–H and O–H groups in total. The maximum absolute atomic E-state index is 12.9. The van der Waals surface area contributed by atoms with Crippen LogP contribution in [0.4, 0.5) is 5.69 Å². The molecule has 1 spiro atoms. The molecule has 25 heavy (non-hydrogen) atoms. The summed E-state index contributed by atoms with van der Waals surface area (Å²) >= 11 is 3.28. The number of amides is 2. The van der Waals surface area contributed by atoms with Crippen LogP contribution in [-0.2, 0) is 19.1 Å². The Balaban J connectivity index is 1.94. The molecule has 0 aromatic heterocycles. The Hall–Kier alpha value is -2.62. The number of halogens is 1. The minimum absolute atomic E-state index is 0.111. The molecule has 3 rings (SSSR count). The lowest BCUT2D eigenvalue weighted by Crippen LogP contribution is -2.48. The number of hydrogen-bond acceptors (Lipinski definition) is 7. The molecule has 0 unspecified atom stereocenters. The van der Waals surface area contributed by atoms with Crippen LogP contribution in [0, 0.1) is 4.91 Å². The SMILES string of the molecule is CCOC(=O)C1=NN(N=O)[C@]2(CC(=O)N(c3ccc(Br)cc3)C2=O)C1. The number of rotatable bonds is 4. The third-order valence-corrected chi connectivity index (χ3v) is 4.55. The van der Waals surface area contributed by atoms with Crippen LogP contribution in [0.25, 0.3) is 0 Å². The number of benzene rings is 1. The topological polar surface area (TPSA) is 109 Å². The highest BCUT2D eigenvalue weighted by atomic mass is 79.9. The number of hydrogen-bond donors (Lipinski definition) is 0. The van der Waals surface area contributed by atoms with E-state index in [1.54, 1.807) is 31.2 Å². The van der Waals surface area contributed by atoms with Gasteiger partial charge in [-0.25, -0.2) is 9.69 Å². The summed E-state index contributed by atoms with van der Waals surface area (Å²) in [6.45, 7) is 1.75. The smallest absolute Gasteiger partial charge is 0.354 e. The van der Waals surface area contributed by atoms with Gasteiger partial charge in [0, 0.05) is 10.9 Å². The average Bonchev–Trinajstić information content (AvgIpc) is 3.07. The quantitative estimate of drug-likeness (QED) is 0.426. The number of imide groups is 1. The van der Waals surface area contributed by atoms with Crippen molar-refractivity contribution in [2.45, 2.75) is 25.3 Å².